The first kappa shape index (κ1) is 21.9. The lowest BCUT2D eigenvalue weighted by Gasteiger charge is -2.37. The maximum atomic E-state index is 13.1. The van der Waals surface area contributed by atoms with Crippen molar-refractivity contribution in [2.24, 2.45) is 5.92 Å². The zero-order valence-corrected chi connectivity index (χ0v) is 18.6. The smallest absolute Gasteiger partial charge is 0.138 e. The van der Waals surface area contributed by atoms with Crippen molar-refractivity contribution in [1.82, 2.24) is 4.72 Å². The second-order valence-electron chi connectivity index (χ2n) is 9.03. The van der Waals surface area contributed by atoms with E-state index >= 15 is 0 Å². The summed E-state index contributed by atoms with van der Waals surface area (Å²) < 4.78 is 16.0. The summed E-state index contributed by atoms with van der Waals surface area (Å²) in [7, 11) is -1.22. The van der Waals surface area contributed by atoms with Crippen LogP contribution in [0.25, 0.3) is 0 Å². The predicted octanol–water partition coefficient (Wildman–Crippen LogP) is 5.19. The minimum atomic E-state index is -1.22. The number of carbonyl (C=O) groups is 1. The van der Waals surface area contributed by atoms with Crippen molar-refractivity contribution in [3.8, 4) is 0 Å². The molecule has 0 amide bonds. The third kappa shape index (κ3) is 5.86. The second-order valence-corrected chi connectivity index (χ2v) is 11.0. The second kappa shape index (κ2) is 9.82. The average molecular weight is 412 g/mol. The summed E-state index contributed by atoms with van der Waals surface area (Å²) in [6.45, 7) is 5.92. The number of ketones is 1. The number of benzene rings is 2. The van der Waals surface area contributed by atoms with Crippen LogP contribution in [0.5, 0.6) is 0 Å². The summed E-state index contributed by atoms with van der Waals surface area (Å²) in [4.78, 5) is 13.1. The summed E-state index contributed by atoms with van der Waals surface area (Å²) in [5.41, 5.74) is 2.47. The van der Waals surface area contributed by atoms with Gasteiger partial charge in [0.2, 0.25) is 0 Å². The van der Waals surface area contributed by atoms with Crippen LogP contribution in [0, 0.1) is 5.92 Å². The van der Waals surface area contributed by atoms with E-state index in [0.717, 1.165) is 25.7 Å². The Morgan fingerprint density at radius 3 is 2.28 bits per heavy atom. The van der Waals surface area contributed by atoms with Crippen LogP contribution < -0.4 is 4.72 Å². The number of rotatable bonds is 7. The van der Waals surface area contributed by atoms with Gasteiger partial charge in [-0.15, -0.1) is 0 Å². The van der Waals surface area contributed by atoms with Crippen molar-refractivity contribution in [1.29, 1.82) is 0 Å². The van der Waals surface area contributed by atoms with Crippen molar-refractivity contribution in [2.45, 2.75) is 69.6 Å². The minimum Gasteiger partial charge on any atom is -0.299 e. The molecule has 2 aromatic carbocycles. The summed E-state index contributed by atoms with van der Waals surface area (Å²) in [5, 5.41) is 0. The first-order valence-corrected chi connectivity index (χ1v) is 11.8. The molecule has 3 rings (SSSR count). The lowest BCUT2D eigenvalue weighted by atomic mass is 9.70. The van der Waals surface area contributed by atoms with Gasteiger partial charge in [-0.05, 0) is 63.5 Å². The van der Waals surface area contributed by atoms with Crippen molar-refractivity contribution >= 4 is 16.8 Å². The summed E-state index contributed by atoms with van der Waals surface area (Å²) >= 11 is 0. The predicted molar refractivity (Wildman–Crippen MR) is 121 cm³/mol. The van der Waals surface area contributed by atoms with E-state index in [1.54, 1.807) is 0 Å². The Balaban J connectivity index is 1.88. The molecule has 29 heavy (non-hydrogen) atoms. The van der Waals surface area contributed by atoms with Crippen LogP contribution in [0.4, 0.5) is 0 Å². The topological polar surface area (TPSA) is 46.2 Å². The van der Waals surface area contributed by atoms with Crippen LogP contribution in [-0.4, -0.2) is 20.8 Å². The highest BCUT2D eigenvalue weighted by Gasteiger charge is 2.39. The number of Topliss-reactive ketones (excluding diaryl/α,β-unsaturated/α-hetero) is 1. The van der Waals surface area contributed by atoms with Crippen LogP contribution in [0.15, 0.2) is 60.7 Å². The molecule has 1 fully saturated rings. The van der Waals surface area contributed by atoms with E-state index in [4.69, 9.17) is 0 Å². The van der Waals surface area contributed by atoms with E-state index in [1.807, 2.05) is 57.2 Å². The van der Waals surface area contributed by atoms with Crippen molar-refractivity contribution in [3.05, 3.63) is 71.8 Å². The zero-order chi connectivity index (χ0) is 20.9. The first-order valence-electron chi connectivity index (χ1n) is 10.7. The number of hydrogen-bond acceptors (Lipinski definition) is 2. The molecule has 0 spiro atoms. The van der Waals surface area contributed by atoms with Gasteiger partial charge >= 0.3 is 0 Å². The molecule has 1 aliphatic carbocycles. The fourth-order valence-corrected chi connectivity index (χ4v) is 5.13. The van der Waals surface area contributed by atoms with E-state index in [9.17, 15) is 9.00 Å². The molecule has 0 unspecified atom stereocenters. The number of aryl methyl sites for hydroxylation is 1. The van der Waals surface area contributed by atoms with Gasteiger partial charge in [0.25, 0.3) is 0 Å². The molecular formula is C25H33NO2S. The molecular weight excluding hydrogens is 378 g/mol. The van der Waals surface area contributed by atoms with E-state index < -0.39 is 11.0 Å². The average Bonchev–Trinajstić information content (AvgIpc) is 2.71. The highest BCUT2D eigenvalue weighted by Crippen LogP contribution is 2.39. The summed E-state index contributed by atoms with van der Waals surface area (Å²) in [6.07, 6.45) is 4.23. The standard InChI is InChI=1S/C25H33NO2S/c1-25(2,3)29(28)26-22(18-17-19-11-6-4-7-12-19)24-21(15-10-16-23(24)27)20-13-8-5-9-14-20/h4-9,11-14,21-22,24,26H,10,15-18H2,1-3H3/t21-,22-,24+,29-/m1/s1. The molecule has 4 heteroatoms. The lowest BCUT2D eigenvalue weighted by Crippen LogP contribution is -2.48. The molecule has 0 aliphatic heterocycles. The van der Waals surface area contributed by atoms with Gasteiger partial charge in [-0.2, -0.15) is 0 Å². The van der Waals surface area contributed by atoms with Gasteiger partial charge in [-0.3, -0.25) is 4.79 Å². The zero-order valence-electron chi connectivity index (χ0n) is 17.8. The number of hydrogen-bond donors (Lipinski definition) is 1. The van der Waals surface area contributed by atoms with Gasteiger partial charge in [0.1, 0.15) is 5.78 Å². The molecule has 0 heterocycles. The molecule has 2 aromatic rings. The van der Waals surface area contributed by atoms with E-state index in [0.29, 0.717) is 12.2 Å². The molecule has 0 bridgehead atoms. The first-order chi connectivity index (χ1) is 13.9. The quantitative estimate of drug-likeness (QED) is 0.681. The van der Waals surface area contributed by atoms with Crippen LogP contribution in [0.2, 0.25) is 0 Å². The van der Waals surface area contributed by atoms with E-state index in [-0.39, 0.29) is 22.6 Å². The summed E-state index contributed by atoms with van der Waals surface area (Å²) in [5.74, 6) is 0.352. The van der Waals surface area contributed by atoms with Crippen molar-refractivity contribution in [3.63, 3.8) is 0 Å². The lowest BCUT2D eigenvalue weighted by molar-refractivity contribution is -0.126. The third-order valence-electron chi connectivity index (χ3n) is 5.81. The maximum Gasteiger partial charge on any atom is 0.138 e. The highest BCUT2D eigenvalue weighted by atomic mass is 32.2. The third-order valence-corrected chi connectivity index (χ3v) is 7.44. The van der Waals surface area contributed by atoms with Gasteiger partial charge in [0.05, 0.1) is 15.7 Å². The molecule has 4 atom stereocenters. The molecule has 3 nitrogen and oxygen atoms in total. The fraction of sp³-hybridized carbons (Fsp3) is 0.480. The Hall–Kier alpha value is -1.78. The Morgan fingerprint density at radius 2 is 1.66 bits per heavy atom. The van der Waals surface area contributed by atoms with Gasteiger partial charge in [-0.1, -0.05) is 60.7 Å². The Morgan fingerprint density at radius 1 is 1.03 bits per heavy atom. The van der Waals surface area contributed by atoms with Gasteiger partial charge < -0.3 is 0 Å². The van der Waals surface area contributed by atoms with Gasteiger partial charge in [0.15, 0.2) is 0 Å². The maximum absolute atomic E-state index is 13.1. The van der Waals surface area contributed by atoms with Crippen LogP contribution in [0.1, 0.15) is 63.5 Å². The largest absolute Gasteiger partial charge is 0.299 e. The molecule has 1 saturated carbocycles. The van der Waals surface area contributed by atoms with Crippen molar-refractivity contribution in [2.75, 3.05) is 0 Å². The van der Waals surface area contributed by atoms with Crippen LogP contribution in [0.3, 0.4) is 0 Å². The van der Waals surface area contributed by atoms with Crippen LogP contribution in [-0.2, 0) is 22.2 Å². The molecule has 0 aromatic heterocycles. The molecule has 1 aliphatic rings. The SMILES string of the molecule is CC(C)(C)[S@@](=O)N[C@H](CCc1ccccc1)[C@H]1C(=O)CCC[C@@H]1c1ccccc1. The highest BCUT2D eigenvalue weighted by molar-refractivity contribution is 7.84. The van der Waals surface area contributed by atoms with Gasteiger partial charge in [0, 0.05) is 18.4 Å². The normalized spacial score (nSPS) is 22.2. The monoisotopic (exact) mass is 411 g/mol. The summed E-state index contributed by atoms with van der Waals surface area (Å²) in [6, 6.07) is 20.6. The molecule has 0 radical (unpaired) electrons. The Labute approximate surface area is 177 Å². The Kier molecular flexibility index (Phi) is 7.42. The van der Waals surface area contributed by atoms with E-state index in [1.165, 1.54) is 11.1 Å². The molecule has 1 N–H and O–H groups in total. The fourth-order valence-electron chi connectivity index (χ4n) is 4.24. The number of nitrogens with one attached hydrogen (secondary N) is 1. The van der Waals surface area contributed by atoms with Crippen LogP contribution >= 0.6 is 0 Å². The minimum absolute atomic E-state index is 0.103. The Bertz CT molecular complexity index is 814. The van der Waals surface area contributed by atoms with Crippen molar-refractivity contribution < 1.29 is 9.00 Å². The van der Waals surface area contributed by atoms with Gasteiger partial charge in [-0.25, -0.2) is 8.93 Å². The molecule has 0 saturated heterocycles. The van der Waals surface area contributed by atoms with E-state index in [2.05, 4.69) is 29.0 Å². The molecule has 156 valence electrons. The number of carbonyl (C=O) groups excluding carboxylic acids is 1.